The summed E-state index contributed by atoms with van der Waals surface area (Å²) in [6, 6.07) is 12.7. The van der Waals surface area contributed by atoms with Crippen molar-refractivity contribution < 1.29 is 9.53 Å². The first-order valence-corrected chi connectivity index (χ1v) is 12.2. The van der Waals surface area contributed by atoms with Gasteiger partial charge < -0.3 is 9.30 Å². The van der Waals surface area contributed by atoms with Gasteiger partial charge in [0, 0.05) is 26.3 Å². The normalized spacial score (nSPS) is 16.2. The number of esters is 1. The number of nitriles is 1. The van der Waals surface area contributed by atoms with Crippen molar-refractivity contribution in [2.24, 2.45) is 7.05 Å². The Balaban J connectivity index is 1.40. The van der Waals surface area contributed by atoms with Crippen LogP contribution < -0.4 is 5.69 Å². The van der Waals surface area contributed by atoms with Gasteiger partial charge in [0.2, 0.25) is 0 Å². The highest BCUT2D eigenvalue weighted by Crippen LogP contribution is 2.26. The summed E-state index contributed by atoms with van der Waals surface area (Å²) in [5.41, 5.74) is 2.25. The Kier molecular flexibility index (Phi) is 6.17. The minimum atomic E-state index is -0.581. The molecule has 4 aromatic rings. The smallest absolute Gasteiger partial charge is 0.357 e. The van der Waals surface area contributed by atoms with E-state index in [0.717, 1.165) is 24.3 Å². The Morgan fingerprint density at radius 3 is 2.65 bits per heavy atom. The number of hydrogen-bond acceptors (Lipinski definition) is 7. The lowest BCUT2D eigenvalue weighted by atomic mass is 10.2. The molecule has 1 fully saturated rings. The minimum absolute atomic E-state index is 0.0601. The largest absolute Gasteiger partial charge is 0.455 e. The van der Waals surface area contributed by atoms with Gasteiger partial charge in [-0.25, -0.2) is 19.6 Å². The van der Waals surface area contributed by atoms with E-state index in [1.807, 2.05) is 40.0 Å². The lowest BCUT2D eigenvalue weighted by Gasteiger charge is -2.20. The number of ether oxygens (including phenoxy) is 1. The predicted molar refractivity (Wildman–Crippen MR) is 137 cm³/mol. The molecule has 1 aromatic carbocycles. The van der Waals surface area contributed by atoms with E-state index >= 15 is 0 Å². The van der Waals surface area contributed by atoms with Crippen molar-refractivity contribution in [2.45, 2.75) is 45.4 Å². The first-order chi connectivity index (χ1) is 17.7. The van der Waals surface area contributed by atoms with Crippen LogP contribution in [0.5, 0.6) is 0 Å². The van der Waals surface area contributed by atoms with E-state index in [2.05, 4.69) is 20.9 Å². The molecule has 0 saturated carbocycles. The van der Waals surface area contributed by atoms with E-state index in [1.54, 1.807) is 50.4 Å². The fourth-order valence-electron chi connectivity index (χ4n) is 4.80. The summed E-state index contributed by atoms with van der Waals surface area (Å²) < 4.78 is 10.7. The Labute approximate surface area is 214 Å². The third kappa shape index (κ3) is 4.66. The number of pyridine rings is 1. The lowest BCUT2D eigenvalue weighted by Crippen LogP contribution is -2.29. The Morgan fingerprint density at radius 1 is 1.19 bits per heavy atom. The average Bonchev–Trinajstić information content (AvgIpc) is 3.54. The van der Waals surface area contributed by atoms with Gasteiger partial charge in [-0.1, -0.05) is 0 Å². The summed E-state index contributed by atoms with van der Waals surface area (Å²) in [7, 11) is 1.81. The molecule has 0 bridgehead atoms. The molecule has 1 aliphatic rings. The number of carbonyl (C=O) groups excluding carboxylic acids is 1. The van der Waals surface area contributed by atoms with Gasteiger partial charge in [0.15, 0.2) is 5.65 Å². The fraction of sp³-hybridized carbons (Fsp3) is 0.370. The number of benzene rings is 1. The van der Waals surface area contributed by atoms with Gasteiger partial charge in [-0.3, -0.25) is 14.0 Å². The highest BCUT2D eigenvalue weighted by atomic mass is 16.6. The number of carbonyl (C=O) groups is 1. The van der Waals surface area contributed by atoms with E-state index in [-0.39, 0.29) is 11.7 Å². The number of aromatic nitrogens is 5. The number of imidazole rings is 2. The molecule has 10 heteroatoms. The summed E-state index contributed by atoms with van der Waals surface area (Å²) in [5.74, 6) is 0.355. The third-order valence-electron chi connectivity index (χ3n) is 6.56. The first kappa shape index (κ1) is 24.5. The maximum Gasteiger partial charge on any atom is 0.357 e. The second-order valence-corrected chi connectivity index (χ2v) is 10.3. The van der Waals surface area contributed by atoms with Crippen LogP contribution in [-0.4, -0.2) is 53.2 Å². The molecule has 1 aliphatic heterocycles. The molecule has 10 nitrogen and oxygen atoms in total. The highest BCUT2D eigenvalue weighted by Gasteiger charge is 2.30. The van der Waals surface area contributed by atoms with Crippen molar-refractivity contribution in [3.63, 3.8) is 0 Å². The second-order valence-electron chi connectivity index (χ2n) is 10.3. The van der Waals surface area contributed by atoms with Gasteiger partial charge in [-0.2, -0.15) is 5.26 Å². The average molecular weight is 500 g/mol. The zero-order valence-corrected chi connectivity index (χ0v) is 21.4. The zero-order valence-electron chi connectivity index (χ0n) is 21.4. The molecule has 0 amide bonds. The highest BCUT2D eigenvalue weighted by molar-refractivity contribution is 5.87. The summed E-state index contributed by atoms with van der Waals surface area (Å²) in [6.45, 7) is 7.48. The fourth-order valence-corrected chi connectivity index (χ4v) is 4.80. The Hall–Kier alpha value is -4.23. The van der Waals surface area contributed by atoms with Crippen LogP contribution in [0.2, 0.25) is 0 Å². The van der Waals surface area contributed by atoms with Crippen LogP contribution in [0.1, 0.15) is 55.1 Å². The summed E-state index contributed by atoms with van der Waals surface area (Å²) in [6.07, 6.45) is 4.03. The van der Waals surface area contributed by atoms with E-state index < -0.39 is 11.6 Å². The van der Waals surface area contributed by atoms with Crippen molar-refractivity contribution >= 4 is 17.1 Å². The first-order valence-electron chi connectivity index (χ1n) is 12.2. The molecule has 4 heterocycles. The molecule has 0 spiro atoms. The molecular weight excluding hydrogens is 470 g/mol. The Morgan fingerprint density at radius 2 is 1.95 bits per heavy atom. The molecule has 37 heavy (non-hydrogen) atoms. The maximum atomic E-state index is 13.7. The quantitative estimate of drug-likeness (QED) is 0.388. The van der Waals surface area contributed by atoms with Crippen molar-refractivity contribution in [3.05, 3.63) is 76.4 Å². The van der Waals surface area contributed by atoms with Crippen molar-refractivity contribution in [1.82, 2.24) is 28.6 Å². The monoisotopic (exact) mass is 499 g/mol. The van der Waals surface area contributed by atoms with Crippen LogP contribution in [0, 0.1) is 11.3 Å². The molecule has 3 aromatic heterocycles. The topological polar surface area (TPSA) is 111 Å². The van der Waals surface area contributed by atoms with Gasteiger partial charge in [0.1, 0.15) is 17.1 Å². The predicted octanol–water partition coefficient (Wildman–Crippen LogP) is 3.19. The van der Waals surface area contributed by atoms with Crippen LogP contribution >= 0.6 is 0 Å². The van der Waals surface area contributed by atoms with Gasteiger partial charge in [-0.15, -0.1) is 0 Å². The maximum absolute atomic E-state index is 13.7. The van der Waals surface area contributed by atoms with Crippen LogP contribution in [0.15, 0.2) is 53.6 Å². The second kappa shape index (κ2) is 9.33. The van der Waals surface area contributed by atoms with E-state index in [9.17, 15) is 9.59 Å². The van der Waals surface area contributed by atoms with Crippen molar-refractivity contribution in [2.75, 3.05) is 13.1 Å². The molecular formula is C27H29N7O3. The molecule has 0 N–H and O–H groups in total. The molecule has 190 valence electrons. The van der Waals surface area contributed by atoms with Gasteiger partial charge in [0.05, 0.1) is 41.6 Å². The molecule has 1 atom stereocenters. The summed E-state index contributed by atoms with van der Waals surface area (Å²) in [4.78, 5) is 37.4. The molecule has 1 saturated heterocycles. The molecule has 0 radical (unpaired) electrons. The molecule has 5 rings (SSSR count). The van der Waals surface area contributed by atoms with E-state index in [0.29, 0.717) is 35.7 Å². The van der Waals surface area contributed by atoms with Gasteiger partial charge in [0.25, 0.3) is 0 Å². The van der Waals surface area contributed by atoms with E-state index in [4.69, 9.17) is 10.00 Å². The number of rotatable bonds is 5. The van der Waals surface area contributed by atoms with Gasteiger partial charge >= 0.3 is 11.7 Å². The van der Waals surface area contributed by atoms with Crippen LogP contribution in [-0.2, 0) is 18.3 Å². The van der Waals surface area contributed by atoms with Crippen LogP contribution in [0.3, 0.4) is 0 Å². The SMILES string of the molecule is Cn1c(C(=O)OC(C)(C)C)cnc1CN1CC[C@H](n2c(=O)n(-c3ccc(C#N)cc3)c3cccnc32)C1. The Bertz CT molecular complexity index is 1560. The molecule has 0 aliphatic carbocycles. The van der Waals surface area contributed by atoms with E-state index in [1.165, 1.54) is 0 Å². The van der Waals surface area contributed by atoms with Crippen molar-refractivity contribution in [1.29, 1.82) is 5.26 Å². The van der Waals surface area contributed by atoms with Crippen LogP contribution in [0.25, 0.3) is 16.9 Å². The lowest BCUT2D eigenvalue weighted by molar-refractivity contribution is 0.00584. The summed E-state index contributed by atoms with van der Waals surface area (Å²) >= 11 is 0. The number of likely N-dealkylation sites (tertiary alicyclic amines) is 1. The third-order valence-corrected chi connectivity index (χ3v) is 6.56. The number of nitrogens with zero attached hydrogens (tertiary/aromatic N) is 7. The molecule has 0 unspecified atom stereocenters. The van der Waals surface area contributed by atoms with Crippen molar-refractivity contribution in [3.8, 4) is 11.8 Å². The zero-order chi connectivity index (χ0) is 26.3. The van der Waals surface area contributed by atoms with Gasteiger partial charge in [-0.05, 0) is 63.6 Å². The van der Waals surface area contributed by atoms with Crippen LogP contribution in [0.4, 0.5) is 0 Å². The minimum Gasteiger partial charge on any atom is -0.455 e. The summed E-state index contributed by atoms with van der Waals surface area (Å²) in [5, 5.41) is 9.13. The number of hydrogen-bond donors (Lipinski definition) is 0. The standard InChI is InChI=1S/C27H29N7O3/c1-27(2,3)37-25(35)22-15-30-23(31(22)4)17-32-13-11-20(16-32)34-24-21(6-5-12-29-24)33(26(34)36)19-9-7-18(14-28)8-10-19/h5-10,12,15,20H,11,13,16-17H2,1-4H3/t20-/m0/s1. The number of fused-ring (bicyclic) bond motifs is 1.